The Kier molecular flexibility index (Phi) is 2.87. The molecule has 4 heteroatoms. The van der Waals surface area contributed by atoms with Gasteiger partial charge in [0.25, 0.3) is 0 Å². The zero-order valence-electron chi connectivity index (χ0n) is 7.96. The second-order valence-electron chi connectivity index (χ2n) is 3.70. The minimum atomic E-state index is -1.51. The van der Waals surface area contributed by atoms with Crippen LogP contribution in [0.4, 0.5) is 8.78 Å². The van der Waals surface area contributed by atoms with Gasteiger partial charge in [0, 0.05) is 5.56 Å². The van der Waals surface area contributed by atoms with Crippen molar-refractivity contribution in [2.45, 2.75) is 25.6 Å². The lowest BCUT2D eigenvalue weighted by Gasteiger charge is -2.25. The summed E-state index contributed by atoms with van der Waals surface area (Å²) in [6.07, 6.45) is -1.45. The summed E-state index contributed by atoms with van der Waals surface area (Å²) in [5.41, 5.74) is -1.74. The number of halogens is 2. The van der Waals surface area contributed by atoms with Crippen LogP contribution in [0.15, 0.2) is 18.2 Å². The van der Waals surface area contributed by atoms with Crippen LogP contribution in [0.3, 0.4) is 0 Å². The first-order valence-corrected chi connectivity index (χ1v) is 4.18. The number of aliphatic hydroxyl groups excluding tert-OH is 1. The molecule has 0 spiro atoms. The van der Waals surface area contributed by atoms with Gasteiger partial charge < -0.3 is 10.2 Å². The Bertz CT molecular complexity index is 331. The quantitative estimate of drug-likeness (QED) is 0.767. The Hall–Kier alpha value is -1.00. The molecule has 1 aromatic carbocycles. The van der Waals surface area contributed by atoms with Gasteiger partial charge >= 0.3 is 0 Å². The minimum absolute atomic E-state index is 0.238. The van der Waals surface area contributed by atoms with E-state index in [9.17, 15) is 19.0 Å². The Morgan fingerprint density at radius 3 is 2.36 bits per heavy atom. The Morgan fingerprint density at radius 1 is 1.29 bits per heavy atom. The molecule has 0 aromatic heterocycles. The van der Waals surface area contributed by atoms with E-state index in [0.717, 1.165) is 6.07 Å². The molecule has 0 bridgehead atoms. The van der Waals surface area contributed by atoms with E-state index in [1.165, 1.54) is 26.0 Å². The van der Waals surface area contributed by atoms with E-state index >= 15 is 0 Å². The Balaban J connectivity index is 3.14. The highest BCUT2D eigenvalue weighted by molar-refractivity contribution is 5.23. The van der Waals surface area contributed by atoms with Crippen molar-refractivity contribution in [1.82, 2.24) is 0 Å². The summed E-state index contributed by atoms with van der Waals surface area (Å²) < 4.78 is 25.9. The van der Waals surface area contributed by atoms with Crippen molar-refractivity contribution in [1.29, 1.82) is 0 Å². The molecule has 0 heterocycles. The molecular formula is C10H12F2O2. The second-order valence-corrected chi connectivity index (χ2v) is 3.70. The van der Waals surface area contributed by atoms with Gasteiger partial charge in [-0.05, 0) is 19.9 Å². The van der Waals surface area contributed by atoms with Crippen molar-refractivity contribution in [3.8, 4) is 0 Å². The molecule has 0 aliphatic carbocycles. The fourth-order valence-electron chi connectivity index (χ4n) is 1.11. The molecule has 0 aliphatic heterocycles. The molecule has 2 nitrogen and oxygen atoms in total. The zero-order valence-corrected chi connectivity index (χ0v) is 7.96. The third-order valence-corrected chi connectivity index (χ3v) is 1.95. The van der Waals surface area contributed by atoms with Gasteiger partial charge in [-0.2, -0.15) is 0 Å². The lowest BCUT2D eigenvalue weighted by atomic mass is 9.94. The van der Waals surface area contributed by atoms with Crippen LogP contribution >= 0.6 is 0 Å². The lowest BCUT2D eigenvalue weighted by Crippen LogP contribution is -2.29. The summed E-state index contributed by atoms with van der Waals surface area (Å²) in [5, 5.41) is 18.9. The summed E-state index contributed by atoms with van der Waals surface area (Å²) >= 11 is 0. The monoisotopic (exact) mass is 202 g/mol. The van der Waals surface area contributed by atoms with Crippen LogP contribution in [-0.2, 0) is 0 Å². The van der Waals surface area contributed by atoms with Crippen LogP contribution in [0, 0.1) is 11.6 Å². The Labute approximate surface area is 80.8 Å². The van der Waals surface area contributed by atoms with E-state index in [0.29, 0.717) is 0 Å². The number of rotatable bonds is 2. The van der Waals surface area contributed by atoms with Gasteiger partial charge in [-0.25, -0.2) is 8.78 Å². The largest absolute Gasteiger partial charge is 0.387 e. The third kappa shape index (κ3) is 2.08. The molecule has 0 amide bonds. The molecule has 1 rings (SSSR count). The summed E-state index contributed by atoms with van der Waals surface area (Å²) in [7, 11) is 0. The van der Waals surface area contributed by atoms with Crippen LogP contribution in [-0.4, -0.2) is 15.8 Å². The van der Waals surface area contributed by atoms with Gasteiger partial charge in [-0.15, -0.1) is 0 Å². The SMILES string of the molecule is CC(C)(O)C(O)c1cccc(F)c1F. The maximum Gasteiger partial charge on any atom is 0.164 e. The van der Waals surface area contributed by atoms with Crippen molar-refractivity contribution in [2.24, 2.45) is 0 Å². The van der Waals surface area contributed by atoms with Crippen molar-refractivity contribution in [2.75, 3.05) is 0 Å². The van der Waals surface area contributed by atoms with E-state index in [-0.39, 0.29) is 5.56 Å². The van der Waals surface area contributed by atoms with Crippen molar-refractivity contribution >= 4 is 0 Å². The lowest BCUT2D eigenvalue weighted by molar-refractivity contribution is -0.0515. The predicted octanol–water partition coefficient (Wildman–Crippen LogP) is 1.77. The molecular weight excluding hydrogens is 190 g/mol. The first-order chi connectivity index (χ1) is 6.34. The van der Waals surface area contributed by atoms with Gasteiger partial charge in [0.05, 0.1) is 5.60 Å². The highest BCUT2D eigenvalue weighted by atomic mass is 19.2. The molecule has 1 atom stereocenters. The fraction of sp³-hybridized carbons (Fsp3) is 0.400. The van der Waals surface area contributed by atoms with Crippen molar-refractivity contribution in [3.05, 3.63) is 35.4 Å². The molecule has 0 aliphatic rings. The summed E-state index contributed by atoms with van der Waals surface area (Å²) in [6, 6.07) is 3.47. The van der Waals surface area contributed by atoms with Gasteiger partial charge in [0.2, 0.25) is 0 Å². The van der Waals surface area contributed by atoms with Crippen molar-refractivity contribution in [3.63, 3.8) is 0 Å². The van der Waals surface area contributed by atoms with E-state index in [1.54, 1.807) is 0 Å². The van der Waals surface area contributed by atoms with Gasteiger partial charge in [0.15, 0.2) is 11.6 Å². The van der Waals surface area contributed by atoms with Crippen LogP contribution in [0.2, 0.25) is 0 Å². The van der Waals surface area contributed by atoms with Crippen LogP contribution in [0.1, 0.15) is 25.5 Å². The van der Waals surface area contributed by atoms with Crippen LogP contribution in [0.5, 0.6) is 0 Å². The molecule has 2 N–H and O–H groups in total. The fourth-order valence-corrected chi connectivity index (χ4v) is 1.11. The molecule has 0 saturated heterocycles. The topological polar surface area (TPSA) is 40.5 Å². The van der Waals surface area contributed by atoms with Gasteiger partial charge in [0.1, 0.15) is 6.10 Å². The number of hydrogen-bond acceptors (Lipinski definition) is 2. The summed E-state index contributed by atoms with van der Waals surface area (Å²) in [5.74, 6) is -2.16. The first kappa shape index (κ1) is 11.1. The molecule has 0 saturated carbocycles. The van der Waals surface area contributed by atoms with Gasteiger partial charge in [-0.3, -0.25) is 0 Å². The number of hydrogen-bond donors (Lipinski definition) is 2. The molecule has 0 fully saturated rings. The molecule has 78 valence electrons. The third-order valence-electron chi connectivity index (χ3n) is 1.95. The highest BCUT2D eigenvalue weighted by Crippen LogP contribution is 2.27. The van der Waals surface area contributed by atoms with E-state index < -0.39 is 23.3 Å². The second kappa shape index (κ2) is 3.63. The standard InChI is InChI=1S/C10H12F2O2/c1-10(2,14)9(13)6-4-3-5-7(11)8(6)12/h3-5,9,13-14H,1-2H3. The molecule has 1 aromatic rings. The van der Waals surface area contributed by atoms with E-state index in [2.05, 4.69) is 0 Å². The van der Waals surface area contributed by atoms with Crippen molar-refractivity contribution < 1.29 is 19.0 Å². The van der Waals surface area contributed by atoms with Gasteiger partial charge in [-0.1, -0.05) is 12.1 Å². The summed E-state index contributed by atoms with van der Waals surface area (Å²) in [4.78, 5) is 0. The smallest absolute Gasteiger partial charge is 0.164 e. The Morgan fingerprint density at radius 2 is 1.86 bits per heavy atom. The van der Waals surface area contributed by atoms with Crippen LogP contribution in [0.25, 0.3) is 0 Å². The number of benzene rings is 1. The predicted molar refractivity (Wildman–Crippen MR) is 47.6 cm³/mol. The highest BCUT2D eigenvalue weighted by Gasteiger charge is 2.29. The first-order valence-electron chi connectivity index (χ1n) is 4.18. The van der Waals surface area contributed by atoms with E-state index in [1.807, 2.05) is 0 Å². The molecule has 14 heavy (non-hydrogen) atoms. The maximum atomic E-state index is 13.1. The summed E-state index contributed by atoms with van der Waals surface area (Å²) in [6.45, 7) is 2.64. The molecule has 1 unspecified atom stereocenters. The van der Waals surface area contributed by atoms with E-state index in [4.69, 9.17) is 0 Å². The average Bonchev–Trinajstić information content (AvgIpc) is 2.07. The van der Waals surface area contributed by atoms with Crippen LogP contribution < -0.4 is 0 Å². The normalized spacial score (nSPS) is 14.1. The maximum absolute atomic E-state index is 13.1. The molecule has 0 radical (unpaired) electrons. The number of aliphatic hydroxyl groups is 2. The average molecular weight is 202 g/mol. The zero-order chi connectivity index (χ0) is 10.9. The minimum Gasteiger partial charge on any atom is -0.387 e.